The maximum Gasteiger partial charge on any atom is 0.307 e. The van der Waals surface area contributed by atoms with E-state index in [1.54, 1.807) is 24.3 Å². The van der Waals surface area contributed by atoms with Gasteiger partial charge in [0.05, 0.1) is 6.54 Å². The molecule has 0 saturated carbocycles. The van der Waals surface area contributed by atoms with Crippen molar-refractivity contribution in [2.75, 3.05) is 6.54 Å². The molecule has 1 aromatic rings. The number of rotatable bonds is 4. The summed E-state index contributed by atoms with van der Waals surface area (Å²) in [5, 5.41) is 2.13. The van der Waals surface area contributed by atoms with Gasteiger partial charge in [0.15, 0.2) is 0 Å². The quantitative estimate of drug-likeness (QED) is 0.317. The van der Waals surface area contributed by atoms with Crippen LogP contribution in [0.3, 0.4) is 0 Å². The molecule has 0 spiro atoms. The van der Waals surface area contributed by atoms with Crippen LogP contribution in [-0.4, -0.2) is 56.9 Å². The van der Waals surface area contributed by atoms with Gasteiger partial charge in [-0.05, 0) is 12.5 Å². The number of halogens is 1. The third-order valence-corrected chi connectivity index (χ3v) is 5.70. The maximum absolute atomic E-state index is 11.8. The number of alkyl halides is 1. The third kappa shape index (κ3) is 6.24. The molecule has 0 aliphatic rings. The monoisotopic (exact) mass is 404 g/mol. The zero-order chi connectivity index (χ0) is 16.2. The summed E-state index contributed by atoms with van der Waals surface area (Å²) in [6, 6.07) is 6.99. The van der Waals surface area contributed by atoms with E-state index in [1.165, 1.54) is 0 Å². The fourth-order valence-electron chi connectivity index (χ4n) is 1.37. The molecule has 1 aromatic carbocycles. The molecule has 2 N–H and O–H groups in total. The van der Waals surface area contributed by atoms with Gasteiger partial charge >= 0.3 is 10.1 Å². The number of benzene rings is 1. The molecule has 0 heterocycles. The Morgan fingerprint density at radius 3 is 2.23 bits per heavy atom. The summed E-state index contributed by atoms with van der Waals surface area (Å²) in [7, 11) is -8.03. The van der Waals surface area contributed by atoms with Crippen molar-refractivity contribution in [1.82, 2.24) is 5.32 Å². The maximum atomic E-state index is 11.8. The van der Waals surface area contributed by atoms with Gasteiger partial charge in [0.2, 0.25) is 20.4 Å². The summed E-state index contributed by atoms with van der Waals surface area (Å²) >= 11 is 3.13. The number of hydrogen-bond acceptors (Lipinski definition) is 5. The Kier molecular flexibility index (Phi) is 8.60. The fourth-order valence-corrected chi connectivity index (χ4v) is 2.97. The molecule has 0 aromatic heterocycles. The molecule has 22 heavy (non-hydrogen) atoms. The number of carbonyl (C=O) groups excluding carboxylic acids is 1. The summed E-state index contributed by atoms with van der Waals surface area (Å²) in [5.74, 6) is -0.634. The van der Waals surface area contributed by atoms with Gasteiger partial charge in [0.25, 0.3) is 0 Å². The third-order valence-electron chi connectivity index (χ3n) is 2.48. The summed E-state index contributed by atoms with van der Waals surface area (Å²) in [4.78, 5) is 11.1. The van der Waals surface area contributed by atoms with Crippen LogP contribution in [0.4, 0.5) is 0 Å². The van der Waals surface area contributed by atoms with Gasteiger partial charge in [-0.2, -0.15) is 16.8 Å². The molecule has 1 rings (SSSR count). The second-order valence-electron chi connectivity index (χ2n) is 4.07. The van der Waals surface area contributed by atoms with Gasteiger partial charge in [-0.3, -0.25) is 9.35 Å². The van der Waals surface area contributed by atoms with Crippen molar-refractivity contribution in [1.29, 1.82) is 0 Å². The van der Waals surface area contributed by atoms with Crippen LogP contribution in [0, 0.1) is 6.92 Å². The number of carbonyl (C=O) groups is 1. The van der Waals surface area contributed by atoms with E-state index in [4.69, 9.17) is 4.55 Å². The molecule has 11 heteroatoms. The first-order valence-electron chi connectivity index (χ1n) is 5.54. The van der Waals surface area contributed by atoms with Crippen molar-refractivity contribution < 1.29 is 26.2 Å². The molecular formula is C11H12BrLiNO6S2. The molecule has 0 aliphatic carbocycles. The topological polar surface area (TPSA) is 118 Å². The summed E-state index contributed by atoms with van der Waals surface area (Å²) < 4.78 is 50.6. The first kappa shape index (κ1) is 21.4. The number of amides is 1. The van der Waals surface area contributed by atoms with Crippen molar-refractivity contribution >= 4 is 65.3 Å². The van der Waals surface area contributed by atoms with Gasteiger partial charge in [-0.25, -0.2) is 0 Å². The molecule has 1 radical (unpaired) electrons. The average molecular weight is 405 g/mol. The Bertz CT molecular complexity index is 765. The first-order chi connectivity index (χ1) is 9.62. The van der Waals surface area contributed by atoms with E-state index >= 15 is 0 Å². The SMILES string of the molecule is Cc1ccc(C(Br)C(=O)NCC(=S(=O)=O)S(=O)(=O)O)cc1.[Li]. The van der Waals surface area contributed by atoms with Gasteiger partial charge in [0, 0.05) is 18.9 Å². The minimum absolute atomic E-state index is 0. The molecule has 1 amide bonds. The number of aryl methyl sites for hydroxylation is 1. The van der Waals surface area contributed by atoms with Crippen LogP contribution in [0.15, 0.2) is 24.3 Å². The summed E-state index contributed by atoms with van der Waals surface area (Å²) in [5.41, 5.74) is 1.62. The van der Waals surface area contributed by atoms with E-state index in [2.05, 4.69) is 21.2 Å². The zero-order valence-electron chi connectivity index (χ0n) is 11.8. The van der Waals surface area contributed by atoms with Crippen molar-refractivity contribution in [3.8, 4) is 0 Å². The van der Waals surface area contributed by atoms with Crippen molar-refractivity contribution in [2.24, 2.45) is 0 Å². The average Bonchev–Trinajstić information content (AvgIpc) is 2.36. The fraction of sp³-hybridized carbons (Fsp3) is 0.273. The first-order valence-corrected chi connectivity index (χ1v) is 8.97. The van der Waals surface area contributed by atoms with Crippen LogP contribution in [0.5, 0.6) is 0 Å². The van der Waals surface area contributed by atoms with Crippen LogP contribution in [-0.2, 0) is 25.2 Å². The molecule has 1 unspecified atom stereocenters. The molecule has 0 aliphatic heterocycles. The van der Waals surface area contributed by atoms with Gasteiger partial charge in [0.1, 0.15) is 4.83 Å². The largest absolute Gasteiger partial charge is 0.349 e. The zero-order valence-corrected chi connectivity index (χ0v) is 15.0. The van der Waals surface area contributed by atoms with Crippen LogP contribution in [0.2, 0.25) is 0 Å². The summed E-state index contributed by atoms with van der Waals surface area (Å²) in [6.45, 7) is 1.06. The Labute approximate surface area is 150 Å². The smallest absolute Gasteiger partial charge is 0.307 e. The van der Waals surface area contributed by atoms with E-state index in [0.29, 0.717) is 5.56 Å². The van der Waals surface area contributed by atoms with E-state index in [1.807, 2.05) is 6.92 Å². The van der Waals surface area contributed by atoms with Gasteiger partial charge < -0.3 is 5.32 Å². The minimum atomic E-state index is -4.88. The second-order valence-corrected chi connectivity index (χ2v) is 7.65. The van der Waals surface area contributed by atoms with E-state index < -0.39 is 41.9 Å². The Balaban J connectivity index is 0.00000441. The minimum Gasteiger partial charge on any atom is -0.349 e. The van der Waals surface area contributed by atoms with Crippen LogP contribution in [0.25, 0.3) is 0 Å². The normalized spacial score (nSPS) is 12.0. The molecule has 0 bridgehead atoms. The molecule has 1 atom stereocenters. The Hall–Kier alpha value is -0.633. The Morgan fingerprint density at radius 1 is 1.32 bits per heavy atom. The van der Waals surface area contributed by atoms with Crippen molar-refractivity contribution in [3.63, 3.8) is 0 Å². The second kappa shape index (κ2) is 8.86. The van der Waals surface area contributed by atoms with Gasteiger partial charge in [-0.15, -0.1) is 0 Å². The number of hydrogen-bond donors (Lipinski definition) is 2. The molecule has 0 saturated heterocycles. The van der Waals surface area contributed by atoms with E-state index in [9.17, 15) is 21.6 Å². The number of nitrogens with one attached hydrogen (secondary N) is 1. The molecule has 0 fully saturated rings. The van der Waals surface area contributed by atoms with Crippen LogP contribution >= 0.6 is 15.9 Å². The molecular weight excluding hydrogens is 393 g/mol. The van der Waals surface area contributed by atoms with E-state index in [0.717, 1.165) is 5.56 Å². The van der Waals surface area contributed by atoms with Crippen molar-refractivity contribution in [2.45, 2.75) is 11.8 Å². The van der Waals surface area contributed by atoms with E-state index in [-0.39, 0.29) is 18.9 Å². The Morgan fingerprint density at radius 2 is 1.82 bits per heavy atom. The van der Waals surface area contributed by atoms with Crippen molar-refractivity contribution in [3.05, 3.63) is 35.4 Å². The van der Waals surface area contributed by atoms with Crippen LogP contribution < -0.4 is 5.32 Å². The standard InChI is InChI=1S/C11H12BrNO6S2.Li/c1-7-2-4-8(5-3-7)10(12)11(14)13-6-9(20(15)16)21(17,18)19;/h2-5,10H,6H2,1H3,(H,13,14)(H,17,18,19);. The molecule has 117 valence electrons. The predicted octanol–water partition coefficient (Wildman–Crippen LogP) is 0.0632. The summed E-state index contributed by atoms with van der Waals surface area (Å²) in [6.07, 6.45) is 0. The van der Waals surface area contributed by atoms with Crippen LogP contribution in [0.1, 0.15) is 16.0 Å². The molecule has 7 nitrogen and oxygen atoms in total. The predicted molar refractivity (Wildman–Crippen MR) is 87.1 cm³/mol. The van der Waals surface area contributed by atoms with Gasteiger partial charge in [-0.1, -0.05) is 45.8 Å².